The molecule has 8 heteroatoms. The van der Waals surface area contributed by atoms with E-state index in [1.807, 2.05) is 24.3 Å². The number of nitrogens with one attached hydrogen (secondary N) is 1. The van der Waals surface area contributed by atoms with E-state index >= 15 is 0 Å². The highest BCUT2D eigenvalue weighted by molar-refractivity contribution is 5.95. The van der Waals surface area contributed by atoms with Crippen molar-refractivity contribution in [2.24, 2.45) is 0 Å². The number of amides is 1. The number of benzene rings is 2. The number of aromatic amines is 1. The Labute approximate surface area is 146 Å². The van der Waals surface area contributed by atoms with Gasteiger partial charge in [0.15, 0.2) is 0 Å². The summed E-state index contributed by atoms with van der Waals surface area (Å²) in [5.74, 6) is 0.386. The molecule has 134 valence electrons. The molecule has 1 amide bonds. The van der Waals surface area contributed by atoms with Crippen LogP contribution in [0, 0.1) is 0 Å². The second-order valence-electron chi connectivity index (χ2n) is 6.12. The number of rotatable bonds is 3. The lowest BCUT2D eigenvalue weighted by atomic mass is 9.98. The fourth-order valence-corrected chi connectivity index (χ4v) is 2.96. The lowest BCUT2D eigenvalue weighted by molar-refractivity contribution is -0.274. The largest absolute Gasteiger partial charge is 0.573 e. The summed E-state index contributed by atoms with van der Waals surface area (Å²) >= 11 is 0. The molecule has 1 aliphatic rings. The molecule has 26 heavy (non-hydrogen) atoms. The van der Waals surface area contributed by atoms with Crippen LogP contribution in [0.5, 0.6) is 5.75 Å². The molecule has 1 aromatic heterocycles. The molecule has 2 aromatic carbocycles. The van der Waals surface area contributed by atoms with E-state index in [2.05, 4.69) is 14.7 Å². The molecule has 0 bridgehead atoms. The first kappa shape index (κ1) is 16.4. The van der Waals surface area contributed by atoms with Crippen LogP contribution in [0.25, 0.3) is 11.0 Å². The van der Waals surface area contributed by atoms with E-state index in [1.54, 1.807) is 4.90 Å². The maximum atomic E-state index is 12.4. The second kappa shape index (κ2) is 6.05. The minimum absolute atomic E-state index is 0.124. The number of hydrogen-bond donors (Lipinski definition) is 1. The fraction of sp³-hybridized carbons (Fsp3) is 0.222. The first-order valence-electron chi connectivity index (χ1n) is 7.99. The van der Waals surface area contributed by atoms with Gasteiger partial charge in [-0.3, -0.25) is 4.79 Å². The van der Waals surface area contributed by atoms with Crippen LogP contribution in [0.4, 0.5) is 13.2 Å². The Morgan fingerprint density at radius 2 is 1.81 bits per heavy atom. The SMILES string of the molecule is O=C(c1ccc(OC(F)(F)F)cc1)N1CC(c2nc3ccccc3[nH]2)C1. The third kappa shape index (κ3) is 3.22. The highest BCUT2D eigenvalue weighted by atomic mass is 19.4. The number of imidazole rings is 1. The summed E-state index contributed by atoms with van der Waals surface area (Å²) in [5, 5.41) is 0. The van der Waals surface area contributed by atoms with Crippen LogP contribution in [-0.4, -0.2) is 40.2 Å². The molecule has 0 atom stereocenters. The Kier molecular flexibility index (Phi) is 3.82. The summed E-state index contributed by atoms with van der Waals surface area (Å²) in [6.07, 6.45) is -4.75. The molecule has 3 aromatic rings. The molecule has 0 aliphatic carbocycles. The summed E-state index contributed by atoms with van der Waals surface area (Å²) in [7, 11) is 0. The van der Waals surface area contributed by atoms with Crippen molar-refractivity contribution < 1.29 is 22.7 Å². The van der Waals surface area contributed by atoms with Crippen LogP contribution in [0.2, 0.25) is 0 Å². The molecule has 4 rings (SSSR count). The van der Waals surface area contributed by atoms with E-state index in [0.717, 1.165) is 29.0 Å². The summed E-state index contributed by atoms with van der Waals surface area (Å²) in [4.78, 5) is 21.8. The Morgan fingerprint density at radius 3 is 2.46 bits per heavy atom. The van der Waals surface area contributed by atoms with Gasteiger partial charge in [0.05, 0.1) is 17.0 Å². The van der Waals surface area contributed by atoms with Gasteiger partial charge < -0.3 is 14.6 Å². The maximum absolute atomic E-state index is 12.4. The van der Waals surface area contributed by atoms with E-state index in [0.29, 0.717) is 18.7 Å². The molecule has 1 N–H and O–H groups in total. The van der Waals surface area contributed by atoms with Crippen LogP contribution in [0.1, 0.15) is 22.1 Å². The Morgan fingerprint density at radius 1 is 1.12 bits per heavy atom. The van der Waals surface area contributed by atoms with Gasteiger partial charge in [-0.2, -0.15) is 0 Å². The number of alkyl halides is 3. The number of halogens is 3. The highest BCUT2D eigenvalue weighted by Crippen LogP contribution is 2.29. The van der Waals surface area contributed by atoms with Crippen molar-refractivity contribution in [1.29, 1.82) is 0 Å². The number of nitrogens with zero attached hydrogens (tertiary/aromatic N) is 2. The zero-order chi connectivity index (χ0) is 18.3. The average molecular weight is 361 g/mol. The van der Waals surface area contributed by atoms with E-state index in [9.17, 15) is 18.0 Å². The lowest BCUT2D eigenvalue weighted by Gasteiger charge is -2.38. The van der Waals surface area contributed by atoms with Crippen molar-refractivity contribution in [2.45, 2.75) is 12.3 Å². The number of para-hydroxylation sites is 2. The van der Waals surface area contributed by atoms with Gasteiger partial charge in [0.2, 0.25) is 0 Å². The zero-order valence-corrected chi connectivity index (χ0v) is 13.5. The van der Waals surface area contributed by atoms with Crippen LogP contribution >= 0.6 is 0 Å². The number of aromatic nitrogens is 2. The highest BCUT2D eigenvalue weighted by Gasteiger charge is 2.34. The van der Waals surface area contributed by atoms with Crippen molar-refractivity contribution >= 4 is 16.9 Å². The Balaban J connectivity index is 1.39. The van der Waals surface area contributed by atoms with E-state index in [-0.39, 0.29) is 17.6 Å². The number of H-pyrrole nitrogens is 1. The van der Waals surface area contributed by atoms with Crippen molar-refractivity contribution in [3.8, 4) is 5.75 Å². The second-order valence-corrected chi connectivity index (χ2v) is 6.12. The molecular weight excluding hydrogens is 347 g/mol. The molecule has 0 spiro atoms. The molecule has 1 aliphatic heterocycles. The topological polar surface area (TPSA) is 58.2 Å². The maximum Gasteiger partial charge on any atom is 0.573 e. The summed E-state index contributed by atoms with van der Waals surface area (Å²) in [6, 6.07) is 12.6. The van der Waals surface area contributed by atoms with Crippen molar-refractivity contribution in [1.82, 2.24) is 14.9 Å². The first-order chi connectivity index (χ1) is 12.4. The lowest BCUT2D eigenvalue weighted by Crippen LogP contribution is -2.48. The van der Waals surface area contributed by atoms with Gasteiger partial charge in [0.1, 0.15) is 11.6 Å². The zero-order valence-electron chi connectivity index (χ0n) is 13.5. The van der Waals surface area contributed by atoms with Crippen LogP contribution in [0.3, 0.4) is 0 Å². The Bertz CT molecular complexity index is 911. The molecule has 0 radical (unpaired) electrons. The van der Waals surface area contributed by atoms with Crippen LogP contribution in [0.15, 0.2) is 48.5 Å². The standard InChI is InChI=1S/C18H14F3N3O2/c19-18(20,21)26-13-7-5-11(6-8-13)17(25)24-9-12(10-24)16-22-14-3-1-2-4-15(14)23-16/h1-8,12H,9-10H2,(H,22,23). The van der Waals surface area contributed by atoms with E-state index in [1.165, 1.54) is 12.1 Å². The third-order valence-corrected chi connectivity index (χ3v) is 4.30. The predicted molar refractivity (Wildman–Crippen MR) is 87.9 cm³/mol. The normalized spacial score (nSPS) is 15.1. The number of fused-ring (bicyclic) bond motifs is 1. The molecule has 0 saturated carbocycles. The number of likely N-dealkylation sites (tertiary alicyclic amines) is 1. The Hall–Kier alpha value is -3.03. The first-order valence-corrected chi connectivity index (χ1v) is 7.99. The van der Waals surface area contributed by atoms with E-state index < -0.39 is 6.36 Å². The number of carbonyl (C=O) groups is 1. The van der Waals surface area contributed by atoms with Crippen molar-refractivity contribution in [2.75, 3.05) is 13.1 Å². The van der Waals surface area contributed by atoms with Crippen LogP contribution in [-0.2, 0) is 0 Å². The van der Waals surface area contributed by atoms with Crippen LogP contribution < -0.4 is 4.74 Å². The van der Waals surface area contributed by atoms with Gasteiger partial charge in [0.25, 0.3) is 5.91 Å². The monoisotopic (exact) mass is 361 g/mol. The minimum Gasteiger partial charge on any atom is -0.406 e. The molecule has 1 saturated heterocycles. The van der Waals surface area contributed by atoms with Gasteiger partial charge in [-0.1, -0.05) is 12.1 Å². The predicted octanol–water partition coefficient (Wildman–Crippen LogP) is 3.70. The van der Waals surface area contributed by atoms with Gasteiger partial charge in [0, 0.05) is 18.7 Å². The van der Waals surface area contributed by atoms with E-state index in [4.69, 9.17) is 0 Å². The molecule has 5 nitrogen and oxygen atoms in total. The summed E-state index contributed by atoms with van der Waals surface area (Å²) in [5.41, 5.74) is 2.16. The quantitative estimate of drug-likeness (QED) is 0.774. The average Bonchev–Trinajstić information content (AvgIpc) is 2.96. The fourth-order valence-electron chi connectivity index (χ4n) is 2.96. The van der Waals surface area contributed by atoms with Crippen molar-refractivity contribution in [3.63, 3.8) is 0 Å². The number of ether oxygens (including phenoxy) is 1. The van der Waals surface area contributed by atoms with Gasteiger partial charge in [-0.25, -0.2) is 4.98 Å². The smallest absolute Gasteiger partial charge is 0.406 e. The van der Waals surface area contributed by atoms with Gasteiger partial charge in [-0.05, 0) is 36.4 Å². The number of carbonyl (C=O) groups excluding carboxylic acids is 1. The summed E-state index contributed by atoms with van der Waals surface area (Å²) in [6.45, 7) is 1.03. The molecular formula is C18H14F3N3O2. The molecule has 0 unspecified atom stereocenters. The number of hydrogen-bond acceptors (Lipinski definition) is 3. The summed E-state index contributed by atoms with van der Waals surface area (Å²) < 4.78 is 40.3. The van der Waals surface area contributed by atoms with Gasteiger partial charge >= 0.3 is 6.36 Å². The molecule has 1 fully saturated rings. The van der Waals surface area contributed by atoms with Crippen molar-refractivity contribution in [3.05, 3.63) is 59.9 Å². The third-order valence-electron chi connectivity index (χ3n) is 4.30. The van der Waals surface area contributed by atoms with Gasteiger partial charge in [-0.15, -0.1) is 13.2 Å². The minimum atomic E-state index is -4.75. The molecule has 2 heterocycles.